The fraction of sp³-hybridized carbons (Fsp3) is 0.400. The second-order valence-electron chi connectivity index (χ2n) is 2.95. The third-order valence-electron chi connectivity index (χ3n) is 2.14. The molecule has 76 valence electrons. The van der Waals surface area contributed by atoms with Crippen LogP contribution in [0.4, 0.5) is 0 Å². The van der Waals surface area contributed by atoms with Crippen LogP contribution < -0.4 is 4.74 Å². The van der Waals surface area contributed by atoms with Gasteiger partial charge < -0.3 is 4.74 Å². The van der Waals surface area contributed by atoms with E-state index in [0.29, 0.717) is 17.7 Å². The minimum Gasteiger partial charge on any atom is -0.496 e. The second-order valence-corrected chi connectivity index (χ2v) is 2.95. The lowest BCUT2D eigenvalue weighted by molar-refractivity contribution is -0.529. The van der Waals surface area contributed by atoms with Crippen LogP contribution in [-0.2, 0) is 0 Å². The number of hydrogen-bond donors (Lipinski definition) is 0. The molecule has 0 fully saturated rings. The van der Waals surface area contributed by atoms with Crippen molar-refractivity contribution in [2.45, 2.75) is 19.4 Å². The molecule has 0 aliphatic carbocycles. The van der Waals surface area contributed by atoms with Crippen LogP contribution in [0.15, 0.2) is 24.3 Å². The van der Waals surface area contributed by atoms with Crippen LogP contribution in [0.1, 0.15) is 24.9 Å². The van der Waals surface area contributed by atoms with E-state index in [0.717, 1.165) is 0 Å². The molecule has 1 rings (SSSR count). The van der Waals surface area contributed by atoms with Crippen molar-refractivity contribution in [2.75, 3.05) is 7.11 Å². The van der Waals surface area contributed by atoms with Crippen LogP contribution in [0.3, 0.4) is 0 Å². The Labute approximate surface area is 82.7 Å². The molecule has 0 aliphatic heterocycles. The molecule has 1 atom stereocenters. The monoisotopic (exact) mass is 195 g/mol. The molecule has 0 heterocycles. The predicted molar refractivity (Wildman–Crippen MR) is 53.0 cm³/mol. The Morgan fingerprint density at radius 1 is 1.50 bits per heavy atom. The number of methoxy groups -OCH3 is 1. The molecule has 4 heteroatoms. The lowest BCUT2D eigenvalue weighted by atomic mass is 10.0. The summed E-state index contributed by atoms with van der Waals surface area (Å²) in [6, 6.07) is 6.38. The Morgan fingerprint density at radius 3 is 2.64 bits per heavy atom. The van der Waals surface area contributed by atoms with Gasteiger partial charge in [-0.2, -0.15) is 0 Å². The molecule has 0 aromatic heterocycles. The Kier molecular flexibility index (Phi) is 3.45. The highest BCUT2D eigenvalue weighted by Gasteiger charge is 2.23. The molecular weight excluding hydrogens is 182 g/mol. The average Bonchev–Trinajstić information content (AvgIpc) is 2.19. The summed E-state index contributed by atoms with van der Waals surface area (Å²) >= 11 is 0. The number of para-hydroxylation sites is 1. The van der Waals surface area contributed by atoms with Crippen molar-refractivity contribution in [3.63, 3.8) is 0 Å². The van der Waals surface area contributed by atoms with Gasteiger partial charge in [0, 0.05) is 11.3 Å². The van der Waals surface area contributed by atoms with Crippen molar-refractivity contribution in [1.29, 1.82) is 0 Å². The Balaban J connectivity index is 3.08. The van der Waals surface area contributed by atoms with E-state index >= 15 is 0 Å². The molecule has 0 saturated carbocycles. The van der Waals surface area contributed by atoms with Crippen molar-refractivity contribution in [1.82, 2.24) is 0 Å². The summed E-state index contributed by atoms with van der Waals surface area (Å²) in [5.74, 6) is 0.580. The van der Waals surface area contributed by atoms with Gasteiger partial charge in [-0.25, -0.2) is 0 Å². The number of hydrogen-bond acceptors (Lipinski definition) is 3. The molecule has 0 bridgehead atoms. The van der Waals surface area contributed by atoms with Crippen molar-refractivity contribution in [3.05, 3.63) is 39.9 Å². The second kappa shape index (κ2) is 4.60. The van der Waals surface area contributed by atoms with Gasteiger partial charge in [0.25, 0.3) is 0 Å². The first kappa shape index (κ1) is 10.5. The van der Waals surface area contributed by atoms with Crippen LogP contribution >= 0.6 is 0 Å². The maximum Gasteiger partial charge on any atom is 0.241 e. The maximum atomic E-state index is 10.7. The van der Waals surface area contributed by atoms with E-state index in [1.54, 1.807) is 31.2 Å². The number of rotatable bonds is 4. The van der Waals surface area contributed by atoms with Crippen LogP contribution in [0, 0.1) is 10.1 Å². The van der Waals surface area contributed by atoms with E-state index in [9.17, 15) is 10.1 Å². The largest absolute Gasteiger partial charge is 0.496 e. The van der Waals surface area contributed by atoms with Gasteiger partial charge in [-0.05, 0) is 12.1 Å². The average molecular weight is 195 g/mol. The van der Waals surface area contributed by atoms with Crippen LogP contribution in [0.2, 0.25) is 0 Å². The van der Waals surface area contributed by atoms with Crippen LogP contribution in [0.5, 0.6) is 5.75 Å². The van der Waals surface area contributed by atoms with Crippen molar-refractivity contribution in [2.24, 2.45) is 0 Å². The number of nitrogens with zero attached hydrogens (tertiary/aromatic N) is 1. The number of benzene rings is 1. The van der Waals surface area contributed by atoms with Crippen LogP contribution in [0.25, 0.3) is 0 Å². The summed E-state index contributed by atoms with van der Waals surface area (Å²) in [6.45, 7) is 1.79. The zero-order chi connectivity index (χ0) is 10.6. The summed E-state index contributed by atoms with van der Waals surface area (Å²) in [5, 5.41) is 10.7. The van der Waals surface area contributed by atoms with Gasteiger partial charge in [0.15, 0.2) is 0 Å². The zero-order valence-corrected chi connectivity index (χ0v) is 8.27. The molecule has 0 radical (unpaired) electrons. The van der Waals surface area contributed by atoms with Crippen LogP contribution in [-0.4, -0.2) is 12.0 Å². The normalized spacial score (nSPS) is 12.1. The summed E-state index contributed by atoms with van der Waals surface area (Å²) in [7, 11) is 1.52. The van der Waals surface area contributed by atoms with E-state index in [1.165, 1.54) is 7.11 Å². The molecule has 0 N–H and O–H groups in total. The molecule has 4 nitrogen and oxygen atoms in total. The smallest absolute Gasteiger partial charge is 0.241 e. The number of nitro groups is 1. The minimum absolute atomic E-state index is 0.280. The topological polar surface area (TPSA) is 52.4 Å². The van der Waals surface area contributed by atoms with E-state index in [-0.39, 0.29) is 4.92 Å². The molecule has 1 aromatic carbocycles. The summed E-state index contributed by atoms with van der Waals surface area (Å²) < 4.78 is 5.07. The quantitative estimate of drug-likeness (QED) is 0.547. The van der Waals surface area contributed by atoms with Crippen molar-refractivity contribution < 1.29 is 9.66 Å². The highest BCUT2D eigenvalue weighted by Crippen LogP contribution is 2.28. The summed E-state index contributed by atoms with van der Waals surface area (Å²) in [5.41, 5.74) is 0.641. The molecule has 14 heavy (non-hydrogen) atoms. The molecule has 0 saturated heterocycles. The van der Waals surface area contributed by atoms with Gasteiger partial charge in [0.2, 0.25) is 6.04 Å². The summed E-state index contributed by atoms with van der Waals surface area (Å²) in [6.07, 6.45) is 0.466. The highest BCUT2D eigenvalue weighted by molar-refractivity contribution is 5.34. The van der Waals surface area contributed by atoms with Gasteiger partial charge in [0.1, 0.15) is 5.75 Å². The molecule has 1 aromatic rings. The van der Waals surface area contributed by atoms with Gasteiger partial charge >= 0.3 is 0 Å². The maximum absolute atomic E-state index is 10.7. The standard InChI is InChI=1S/C10H13NO3/c1-3-9(11(12)13)8-6-4-5-7-10(8)14-2/h4-7,9H,3H2,1-2H3. The van der Waals surface area contributed by atoms with E-state index in [1.807, 2.05) is 0 Å². The lowest BCUT2D eigenvalue weighted by Gasteiger charge is -2.11. The fourth-order valence-electron chi connectivity index (χ4n) is 1.42. The van der Waals surface area contributed by atoms with E-state index in [4.69, 9.17) is 4.74 Å². The van der Waals surface area contributed by atoms with E-state index < -0.39 is 6.04 Å². The summed E-state index contributed by atoms with van der Waals surface area (Å²) in [4.78, 5) is 10.5. The first-order valence-corrected chi connectivity index (χ1v) is 4.47. The Bertz CT molecular complexity index is 325. The molecule has 0 spiro atoms. The van der Waals surface area contributed by atoms with Gasteiger partial charge in [0.05, 0.1) is 12.7 Å². The molecule has 0 aliphatic rings. The Hall–Kier alpha value is -1.58. The molecule has 1 unspecified atom stereocenters. The lowest BCUT2D eigenvalue weighted by Crippen LogP contribution is -2.10. The zero-order valence-electron chi connectivity index (χ0n) is 8.27. The van der Waals surface area contributed by atoms with Crippen molar-refractivity contribution >= 4 is 0 Å². The first-order valence-electron chi connectivity index (χ1n) is 4.47. The minimum atomic E-state index is -0.675. The molecular formula is C10H13NO3. The Morgan fingerprint density at radius 2 is 2.14 bits per heavy atom. The van der Waals surface area contributed by atoms with E-state index in [2.05, 4.69) is 0 Å². The highest BCUT2D eigenvalue weighted by atomic mass is 16.6. The van der Waals surface area contributed by atoms with Gasteiger partial charge in [-0.3, -0.25) is 10.1 Å². The first-order chi connectivity index (χ1) is 6.70. The van der Waals surface area contributed by atoms with Gasteiger partial charge in [-0.15, -0.1) is 0 Å². The molecule has 0 amide bonds. The van der Waals surface area contributed by atoms with Gasteiger partial charge in [-0.1, -0.05) is 19.1 Å². The fourth-order valence-corrected chi connectivity index (χ4v) is 1.42. The number of ether oxygens (including phenoxy) is 1. The predicted octanol–water partition coefficient (Wildman–Crippen LogP) is 2.42. The SMILES string of the molecule is CCC(c1ccccc1OC)[N+](=O)[O-]. The third-order valence-corrected chi connectivity index (χ3v) is 2.14. The third kappa shape index (κ3) is 2.02. The van der Waals surface area contributed by atoms with Crippen molar-refractivity contribution in [3.8, 4) is 5.75 Å².